The van der Waals surface area contributed by atoms with Gasteiger partial charge in [0.1, 0.15) is 0 Å². The molecule has 3 heteroatoms. The van der Waals surface area contributed by atoms with Crippen LogP contribution in [0, 0.1) is 34.5 Å². The highest BCUT2D eigenvalue weighted by molar-refractivity contribution is 5.24. The maximum absolute atomic E-state index is 10.9. The van der Waals surface area contributed by atoms with Crippen molar-refractivity contribution in [3.8, 4) is 0 Å². The molecule has 0 spiro atoms. The first-order valence-electron chi connectivity index (χ1n) is 8.90. The molecule has 1 unspecified atom stereocenters. The van der Waals surface area contributed by atoms with Gasteiger partial charge in [-0.25, -0.2) is 0 Å². The SMILES string of the molecule is C[C@]12CCC(O)=CC1C[C@H](O)[C@@H]1[C@@H]2CC[C@]2(C)C(N)=CC[C@@H]12. The molecule has 0 radical (unpaired) electrons. The highest BCUT2D eigenvalue weighted by Crippen LogP contribution is 2.65. The van der Waals surface area contributed by atoms with E-state index in [9.17, 15) is 10.2 Å². The molecular weight excluding hydrogens is 274 g/mol. The van der Waals surface area contributed by atoms with Gasteiger partial charge in [0, 0.05) is 17.5 Å². The quantitative estimate of drug-likeness (QED) is 0.641. The zero-order valence-electron chi connectivity index (χ0n) is 13.8. The number of aliphatic hydroxyl groups is 2. The summed E-state index contributed by atoms with van der Waals surface area (Å²) >= 11 is 0. The van der Waals surface area contributed by atoms with E-state index < -0.39 is 0 Å². The first-order chi connectivity index (χ1) is 10.4. The van der Waals surface area contributed by atoms with Gasteiger partial charge in [-0.15, -0.1) is 0 Å². The molecule has 22 heavy (non-hydrogen) atoms. The lowest BCUT2D eigenvalue weighted by Crippen LogP contribution is -2.57. The van der Waals surface area contributed by atoms with Crippen LogP contribution < -0.4 is 5.73 Å². The van der Waals surface area contributed by atoms with Gasteiger partial charge in [0.2, 0.25) is 0 Å². The van der Waals surface area contributed by atoms with Crippen molar-refractivity contribution < 1.29 is 10.2 Å². The predicted octanol–water partition coefficient (Wildman–Crippen LogP) is 3.50. The fourth-order valence-corrected chi connectivity index (χ4v) is 6.41. The summed E-state index contributed by atoms with van der Waals surface area (Å²) in [5.74, 6) is 2.28. The van der Waals surface area contributed by atoms with Gasteiger partial charge in [-0.1, -0.05) is 19.9 Å². The number of rotatable bonds is 0. The van der Waals surface area contributed by atoms with E-state index >= 15 is 0 Å². The molecule has 3 nitrogen and oxygen atoms in total. The Hall–Kier alpha value is -0.960. The molecule has 0 amide bonds. The van der Waals surface area contributed by atoms with Crippen molar-refractivity contribution in [3.63, 3.8) is 0 Å². The monoisotopic (exact) mass is 303 g/mol. The molecule has 2 saturated carbocycles. The van der Waals surface area contributed by atoms with E-state index in [4.69, 9.17) is 5.73 Å². The van der Waals surface area contributed by atoms with Gasteiger partial charge in [0.25, 0.3) is 0 Å². The highest BCUT2D eigenvalue weighted by Gasteiger charge is 2.60. The Kier molecular flexibility index (Phi) is 3.01. The van der Waals surface area contributed by atoms with Crippen LogP contribution in [0.5, 0.6) is 0 Å². The Morgan fingerprint density at radius 1 is 1.23 bits per heavy atom. The fourth-order valence-electron chi connectivity index (χ4n) is 6.41. The van der Waals surface area contributed by atoms with Gasteiger partial charge in [0.15, 0.2) is 0 Å². The Bertz CT molecular complexity index is 554. The zero-order chi connectivity index (χ0) is 15.7. The summed E-state index contributed by atoms with van der Waals surface area (Å²) in [5.41, 5.74) is 7.69. The molecular formula is C19H29NO2. The predicted molar refractivity (Wildman–Crippen MR) is 86.9 cm³/mol. The van der Waals surface area contributed by atoms with Crippen molar-refractivity contribution in [2.45, 2.75) is 58.5 Å². The normalized spacial score (nSPS) is 53.9. The van der Waals surface area contributed by atoms with E-state index in [1.54, 1.807) is 0 Å². The molecule has 4 N–H and O–H groups in total. The minimum Gasteiger partial charge on any atom is -0.513 e. The average molecular weight is 303 g/mol. The van der Waals surface area contributed by atoms with Crippen molar-refractivity contribution in [2.75, 3.05) is 0 Å². The van der Waals surface area contributed by atoms with Crippen LogP contribution in [0.4, 0.5) is 0 Å². The molecule has 0 aliphatic heterocycles. The summed E-state index contributed by atoms with van der Waals surface area (Å²) in [4.78, 5) is 0. The van der Waals surface area contributed by atoms with Crippen LogP contribution in [0.3, 0.4) is 0 Å². The molecule has 7 atom stereocenters. The van der Waals surface area contributed by atoms with Crippen LogP contribution in [0.15, 0.2) is 23.6 Å². The van der Waals surface area contributed by atoms with Gasteiger partial charge >= 0.3 is 0 Å². The van der Waals surface area contributed by atoms with Gasteiger partial charge in [-0.3, -0.25) is 0 Å². The van der Waals surface area contributed by atoms with Crippen molar-refractivity contribution >= 4 is 0 Å². The van der Waals surface area contributed by atoms with Crippen LogP contribution in [0.1, 0.15) is 52.4 Å². The Balaban J connectivity index is 1.71. The standard InChI is InChI=1S/C19H29NO2/c1-18-7-5-12(21)9-11(18)10-15(22)17-13-3-4-16(20)19(13,2)8-6-14(17)18/h4,9,11,13-15,17,21-22H,3,5-8,10,20H2,1-2H3/t11?,13-,14-,15-,17-,18-,19-/m0/s1. The number of fused-ring (bicyclic) bond motifs is 5. The third-order valence-corrected chi connectivity index (χ3v) is 7.92. The van der Waals surface area contributed by atoms with Gasteiger partial charge in [-0.2, -0.15) is 0 Å². The third-order valence-electron chi connectivity index (χ3n) is 7.92. The minimum atomic E-state index is -0.255. The molecule has 2 fully saturated rings. The number of nitrogens with two attached hydrogens (primary N) is 1. The topological polar surface area (TPSA) is 66.5 Å². The van der Waals surface area contributed by atoms with Crippen LogP contribution in [-0.4, -0.2) is 16.3 Å². The molecule has 4 aliphatic carbocycles. The van der Waals surface area contributed by atoms with Crippen molar-refractivity contribution in [2.24, 2.45) is 40.2 Å². The molecule has 4 aliphatic rings. The number of aliphatic hydroxyl groups excluding tert-OH is 2. The fraction of sp³-hybridized carbons (Fsp3) is 0.789. The summed E-state index contributed by atoms with van der Waals surface area (Å²) in [7, 11) is 0. The van der Waals surface area contributed by atoms with Gasteiger partial charge in [-0.05, 0) is 67.3 Å². The van der Waals surface area contributed by atoms with E-state index in [2.05, 4.69) is 19.9 Å². The maximum atomic E-state index is 10.9. The minimum absolute atomic E-state index is 0.0952. The smallest absolute Gasteiger partial charge is 0.0886 e. The lowest BCUT2D eigenvalue weighted by molar-refractivity contribution is -0.139. The Morgan fingerprint density at radius 3 is 2.77 bits per heavy atom. The second-order valence-electron chi connectivity index (χ2n) is 8.72. The van der Waals surface area contributed by atoms with E-state index in [1.165, 1.54) is 0 Å². The summed E-state index contributed by atoms with van der Waals surface area (Å²) in [6, 6.07) is 0. The Morgan fingerprint density at radius 2 is 2.00 bits per heavy atom. The summed E-state index contributed by atoms with van der Waals surface area (Å²) in [5, 5.41) is 20.8. The largest absolute Gasteiger partial charge is 0.513 e. The molecule has 0 aromatic heterocycles. The molecule has 0 bridgehead atoms. The first kappa shape index (κ1) is 14.6. The molecule has 0 saturated heterocycles. The zero-order valence-corrected chi connectivity index (χ0v) is 13.8. The third kappa shape index (κ3) is 1.72. The molecule has 0 heterocycles. The van der Waals surface area contributed by atoms with E-state index in [0.717, 1.165) is 44.2 Å². The number of hydrogen-bond acceptors (Lipinski definition) is 3. The highest BCUT2D eigenvalue weighted by atomic mass is 16.3. The van der Waals surface area contributed by atoms with E-state index in [1.807, 2.05) is 6.08 Å². The number of hydrogen-bond donors (Lipinski definition) is 3. The van der Waals surface area contributed by atoms with Crippen LogP contribution in [-0.2, 0) is 0 Å². The number of allylic oxidation sites excluding steroid dienone is 4. The Labute approximate surface area is 133 Å². The van der Waals surface area contributed by atoms with Crippen molar-refractivity contribution in [1.29, 1.82) is 0 Å². The maximum Gasteiger partial charge on any atom is 0.0886 e. The average Bonchev–Trinajstić information content (AvgIpc) is 2.77. The summed E-state index contributed by atoms with van der Waals surface area (Å²) < 4.78 is 0. The van der Waals surface area contributed by atoms with Crippen molar-refractivity contribution in [1.82, 2.24) is 0 Å². The molecule has 0 aromatic rings. The lowest BCUT2D eigenvalue weighted by atomic mass is 9.45. The summed E-state index contributed by atoms with van der Waals surface area (Å²) in [6.07, 6.45) is 9.98. The van der Waals surface area contributed by atoms with Crippen molar-refractivity contribution in [3.05, 3.63) is 23.6 Å². The van der Waals surface area contributed by atoms with Crippen LogP contribution in [0.25, 0.3) is 0 Å². The second-order valence-corrected chi connectivity index (χ2v) is 8.72. The van der Waals surface area contributed by atoms with Gasteiger partial charge in [0.05, 0.1) is 11.9 Å². The lowest BCUT2D eigenvalue weighted by Gasteiger charge is -2.60. The van der Waals surface area contributed by atoms with Crippen LogP contribution in [0.2, 0.25) is 0 Å². The van der Waals surface area contributed by atoms with Gasteiger partial charge < -0.3 is 15.9 Å². The molecule has 122 valence electrons. The van der Waals surface area contributed by atoms with Crippen LogP contribution >= 0.6 is 0 Å². The second kappa shape index (κ2) is 4.53. The van der Waals surface area contributed by atoms with E-state index in [-0.39, 0.29) is 16.9 Å². The molecule has 0 aromatic carbocycles. The van der Waals surface area contributed by atoms with E-state index in [0.29, 0.717) is 29.4 Å². The summed E-state index contributed by atoms with van der Waals surface area (Å²) in [6.45, 7) is 4.71. The molecule has 4 rings (SSSR count). The first-order valence-corrected chi connectivity index (χ1v) is 8.90.